The maximum atomic E-state index is 13.4. The summed E-state index contributed by atoms with van der Waals surface area (Å²) in [6.45, 7) is 1.17. The topological polar surface area (TPSA) is 55.4 Å². The van der Waals surface area contributed by atoms with Gasteiger partial charge in [-0.1, -0.05) is 6.07 Å². The van der Waals surface area contributed by atoms with Crippen molar-refractivity contribution in [2.24, 2.45) is 5.92 Å². The molecule has 2 rings (SSSR count). The van der Waals surface area contributed by atoms with E-state index in [1.807, 2.05) is 0 Å². The highest BCUT2D eigenvalue weighted by molar-refractivity contribution is 7.91. The lowest BCUT2D eigenvalue weighted by molar-refractivity contribution is 0.386. The monoisotopic (exact) mass is 287 g/mol. The van der Waals surface area contributed by atoms with Crippen molar-refractivity contribution in [3.63, 3.8) is 0 Å². The number of sulfone groups is 1. The van der Waals surface area contributed by atoms with Crippen molar-refractivity contribution in [3.8, 4) is 5.75 Å². The molecule has 0 bridgehead atoms. The summed E-state index contributed by atoms with van der Waals surface area (Å²) in [5.41, 5.74) is 0.819. The molecule has 6 heteroatoms. The normalized spacial score (nSPS) is 21.5. The molecule has 1 atom stereocenters. The molecule has 1 aromatic rings. The quantitative estimate of drug-likeness (QED) is 0.888. The van der Waals surface area contributed by atoms with Gasteiger partial charge in [-0.3, -0.25) is 0 Å². The van der Waals surface area contributed by atoms with Crippen molar-refractivity contribution in [1.82, 2.24) is 5.32 Å². The number of hydrogen-bond donors (Lipinski definition) is 1. The molecule has 1 saturated heterocycles. The van der Waals surface area contributed by atoms with Gasteiger partial charge in [-0.2, -0.15) is 0 Å². The second-order valence-electron chi connectivity index (χ2n) is 4.87. The molecule has 0 radical (unpaired) electrons. The lowest BCUT2D eigenvalue weighted by Crippen LogP contribution is -2.23. The van der Waals surface area contributed by atoms with E-state index in [-0.39, 0.29) is 29.0 Å². The highest BCUT2D eigenvalue weighted by atomic mass is 32.2. The first-order chi connectivity index (χ1) is 9.00. The molecule has 0 aliphatic carbocycles. The van der Waals surface area contributed by atoms with Crippen LogP contribution in [0.3, 0.4) is 0 Å². The number of hydrogen-bond acceptors (Lipinski definition) is 4. The van der Waals surface area contributed by atoms with Gasteiger partial charge in [0.05, 0.1) is 18.6 Å². The third kappa shape index (κ3) is 3.91. The van der Waals surface area contributed by atoms with E-state index < -0.39 is 9.84 Å². The van der Waals surface area contributed by atoms with E-state index >= 15 is 0 Å². The van der Waals surface area contributed by atoms with Gasteiger partial charge in [0.15, 0.2) is 21.4 Å². The van der Waals surface area contributed by atoms with Crippen LogP contribution in [-0.2, 0) is 16.4 Å². The van der Waals surface area contributed by atoms with Gasteiger partial charge in [0, 0.05) is 6.54 Å². The van der Waals surface area contributed by atoms with Crippen LogP contribution in [0.4, 0.5) is 4.39 Å². The van der Waals surface area contributed by atoms with Crippen LogP contribution in [0.15, 0.2) is 18.2 Å². The summed E-state index contributed by atoms with van der Waals surface area (Å²) in [6.07, 6.45) is 0.715. The predicted molar refractivity (Wildman–Crippen MR) is 71.4 cm³/mol. The van der Waals surface area contributed by atoms with Crippen LogP contribution in [0.2, 0.25) is 0 Å². The van der Waals surface area contributed by atoms with Gasteiger partial charge in [-0.15, -0.1) is 0 Å². The molecule has 0 saturated carbocycles. The highest BCUT2D eigenvalue weighted by Crippen LogP contribution is 2.19. The number of rotatable bonds is 5. The Labute approximate surface area is 112 Å². The third-order valence-electron chi connectivity index (χ3n) is 3.31. The van der Waals surface area contributed by atoms with Crippen molar-refractivity contribution >= 4 is 9.84 Å². The highest BCUT2D eigenvalue weighted by Gasteiger charge is 2.27. The Morgan fingerprint density at radius 3 is 2.84 bits per heavy atom. The smallest absolute Gasteiger partial charge is 0.165 e. The van der Waals surface area contributed by atoms with Gasteiger partial charge in [0.25, 0.3) is 0 Å². The van der Waals surface area contributed by atoms with Crippen molar-refractivity contribution in [1.29, 1.82) is 0 Å². The number of benzene rings is 1. The molecule has 19 heavy (non-hydrogen) atoms. The van der Waals surface area contributed by atoms with E-state index in [1.54, 1.807) is 12.1 Å². The molecule has 1 aromatic carbocycles. The van der Waals surface area contributed by atoms with Crippen LogP contribution in [0.5, 0.6) is 5.75 Å². The van der Waals surface area contributed by atoms with Crippen LogP contribution in [0.1, 0.15) is 12.0 Å². The van der Waals surface area contributed by atoms with Crippen LogP contribution in [0.25, 0.3) is 0 Å². The predicted octanol–water partition coefficient (Wildman–Crippen LogP) is 1.36. The van der Waals surface area contributed by atoms with Gasteiger partial charge in [0.2, 0.25) is 0 Å². The Kier molecular flexibility index (Phi) is 4.42. The Hall–Kier alpha value is -1.14. The van der Waals surface area contributed by atoms with Crippen LogP contribution >= 0.6 is 0 Å². The molecule has 1 heterocycles. The maximum Gasteiger partial charge on any atom is 0.165 e. The molecule has 4 nitrogen and oxygen atoms in total. The maximum absolute atomic E-state index is 13.4. The number of halogens is 1. The van der Waals surface area contributed by atoms with Crippen molar-refractivity contribution < 1.29 is 17.5 Å². The fraction of sp³-hybridized carbons (Fsp3) is 0.538. The summed E-state index contributed by atoms with van der Waals surface area (Å²) in [4.78, 5) is 0. The van der Waals surface area contributed by atoms with E-state index in [1.165, 1.54) is 13.2 Å². The molecule has 1 aliphatic heterocycles. The summed E-state index contributed by atoms with van der Waals surface area (Å²) in [5, 5.41) is 3.17. The minimum Gasteiger partial charge on any atom is -0.494 e. The SMILES string of the molecule is COc1ccc(CNCC2CCS(=O)(=O)C2)cc1F. The summed E-state index contributed by atoms with van der Waals surface area (Å²) < 4.78 is 40.9. The fourth-order valence-corrected chi connectivity index (χ4v) is 4.14. The van der Waals surface area contributed by atoms with Crippen LogP contribution in [-0.4, -0.2) is 33.6 Å². The number of methoxy groups -OCH3 is 1. The summed E-state index contributed by atoms with van der Waals surface area (Å²) in [6, 6.07) is 4.81. The van der Waals surface area contributed by atoms with E-state index in [4.69, 9.17) is 4.74 Å². The summed E-state index contributed by atoms with van der Waals surface area (Å²) >= 11 is 0. The molecular formula is C13H18FNO3S. The Bertz CT molecular complexity index is 545. The van der Waals surface area contributed by atoms with Crippen molar-refractivity contribution in [3.05, 3.63) is 29.6 Å². The molecule has 0 amide bonds. The van der Waals surface area contributed by atoms with Crippen LogP contribution < -0.4 is 10.1 Å². The van der Waals surface area contributed by atoms with Crippen molar-refractivity contribution in [2.45, 2.75) is 13.0 Å². The lowest BCUT2D eigenvalue weighted by atomic mass is 10.1. The second-order valence-corrected chi connectivity index (χ2v) is 7.10. The summed E-state index contributed by atoms with van der Waals surface area (Å²) in [7, 11) is -1.40. The van der Waals surface area contributed by atoms with Gasteiger partial charge >= 0.3 is 0 Å². The van der Waals surface area contributed by atoms with Gasteiger partial charge in [-0.25, -0.2) is 12.8 Å². The Balaban J connectivity index is 1.81. The molecule has 1 unspecified atom stereocenters. The first kappa shape index (κ1) is 14.3. The van der Waals surface area contributed by atoms with E-state index in [2.05, 4.69) is 5.32 Å². The fourth-order valence-electron chi connectivity index (χ4n) is 2.27. The number of ether oxygens (including phenoxy) is 1. The van der Waals surface area contributed by atoms with Crippen LogP contribution in [0, 0.1) is 11.7 Å². The first-order valence-electron chi connectivity index (χ1n) is 6.24. The van der Waals surface area contributed by atoms with E-state index in [9.17, 15) is 12.8 Å². The van der Waals surface area contributed by atoms with Gasteiger partial charge < -0.3 is 10.1 Å². The zero-order valence-electron chi connectivity index (χ0n) is 10.9. The molecule has 1 fully saturated rings. The minimum atomic E-state index is -2.82. The minimum absolute atomic E-state index is 0.174. The Morgan fingerprint density at radius 1 is 1.47 bits per heavy atom. The standard InChI is InChI=1S/C13H18FNO3S/c1-18-13-3-2-10(6-12(13)14)7-15-8-11-4-5-19(16,17)9-11/h2-3,6,11,15H,4-5,7-9H2,1H3. The zero-order valence-corrected chi connectivity index (χ0v) is 11.7. The average Bonchev–Trinajstić information content (AvgIpc) is 2.69. The molecule has 0 spiro atoms. The zero-order chi connectivity index (χ0) is 13.9. The van der Waals surface area contributed by atoms with E-state index in [0.29, 0.717) is 19.5 Å². The molecule has 1 aliphatic rings. The molecular weight excluding hydrogens is 269 g/mol. The van der Waals surface area contributed by atoms with Gasteiger partial charge in [-0.05, 0) is 36.6 Å². The third-order valence-corrected chi connectivity index (χ3v) is 5.14. The molecule has 106 valence electrons. The van der Waals surface area contributed by atoms with Gasteiger partial charge in [0.1, 0.15) is 0 Å². The largest absolute Gasteiger partial charge is 0.494 e. The molecule has 1 N–H and O–H groups in total. The summed E-state index contributed by atoms with van der Waals surface area (Å²) in [5.74, 6) is 0.567. The average molecular weight is 287 g/mol. The lowest BCUT2D eigenvalue weighted by Gasteiger charge is -2.10. The van der Waals surface area contributed by atoms with Crippen molar-refractivity contribution in [2.75, 3.05) is 25.2 Å². The van der Waals surface area contributed by atoms with E-state index in [0.717, 1.165) is 5.56 Å². The Morgan fingerprint density at radius 2 is 2.26 bits per heavy atom. The second kappa shape index (κ2) is 5.88. The molecule has 0 aromatic heterocycles. The first-order valence-corrected chi connectivity index (χ1v) is 8.06. The number of nitrogens with one attached hydrogen (secondary N) is 1.